The summed E-state index contributed by atoms with van der Waals surface area (Å²) in [5.41, 5.74) is 5.98. The number of hydrogen-bond acceptors (Lipinski definition) is 4. The number of hydrogen-bond donors (Lipinski definition) is 2. The van der Waals surface area contributed by atoms with E-state index in [2.05, 4.69) is 20.7 Å². The maximum absolute atomic E-state index is 12.8. The quantitative estimate of drug-likeness (QED) is 0.425. The molecule has 5 nitrogen and oxygen atoms in total. The number of rotatable bonds is 5. The van der Waals surface area contributed by atoms with Crippen molar-refractivity contribution in [1.82, 2.24) is 20.7 Å². The van der Waals surface area contributed by atoms with Gasteiger partial charge in [0.15, 0.2) is 0 Å². The fourth-order valence-corrected chi connectivity index (χ4v) is 4.44. The summed E-state index contributed by atoms with van der Waals surface area (Å²) < 4.78 is 0. The smallest absolute Gasteiger partial charge is 0.251 e. The van der Waals surface area contributed by atoms with Crippen molar-refractivity contribution in [2.24, 2.45) is 0 Å². The van der Waals surface area contributed by atoms with Gasteiger partial charge in [0, 0.05) is 40.1 Å². The van der Waals surface area contributed by atoms with Gasteiger partial charge in [0.2, 0.25) is 0 Å². The number of carbonyl (C=O) groups excluding carboxylic acids is 1. The van der Waals surface area contributed by atoms with E-state index in [1.54, 1.807) is 0 Å². The van der Waals surface area contributed by atoms with Crippen LogP contribution in [0.25, 0.3) is 21.7 Å². The average Bonchev–Trinajstić information content (AvgIpc) is 3.24. The largest absolute Gasteiger partial charge is 0.348 e. The van der Waals surface area contributed by atoms with Gasteiger partial charge in [0.25, 0.3) is 5.91 Å². The molecule has 3 aromatic carbocycles. The summed E-state index contributed by atoms with van der Waals surface area (Å²) in [6.07, 6.45) is 0.894. The molecule has 7 heteroatoms. The molecule has 1 saturated heterocycles. The molecule has 5 rings (SSSR count). The van der Waals surface area contributed by atoms with Gasteiger partial charge in [0.1, 0.15) is 0 Å². The van der Waals surface area contributed by atoms with Crippen LogP contribution in [0.2, 0.25) is 10.0 Å². The van der Waals surface area contributed by atoms with E-state index in [-0.39, 0.29) is 11.9 Å². The molecule has 1 amide bonds. The molecule has 0 bridgehead atoms. The van der Waals surface area contributed by atoms with E-state index < -0.39 is 0 Å². The molecule has 4 aromatic rings. The molecule has 2 N–H and O–H groups in total. The van der Waals surface area contributed by atoms with Crippen molar-refractivity contribution >= 4 is 50.8 Å². The number of fused-ring (bicyclic) bond motifs is 2. The molecule has 0 radical (unpaired) electrons. The lowest BCUT2D eigenvalue weighted by molar-refractivity contribution is 0.0935. The maximum atomic E-state index is 12.8. The SMILES string of the molecule is O=C(NC1CCN(NCc2ccc3cc(Cl)ccc3n2)C1)c1ccc2cc(Cl)ccc2c1. The van der Waals surface area contributed by atoms with Crippen molar-refractivity contribution in [3.63, 3.8) is 0 Å². The highest BCUT2D eigenvalue weighted by molar-refractivity contribution is 6.31. The summed E-state index contributed by atoms with van der Waals surface area (Å²) in [7, 11) is 0. The standard InChI is InChI=1S/C25H22Cl2N4O/c26-20-5-3-16-11-19(2-1-17(16)12-20)25(32)30-23-9-10-31(15-23)28-14-22-7-4-18-13-21(27)6-8-24(18)29-22/h1-8,11-13,23,28H,9-10,14-15H2,(H,30,32). The van der Waals surface area contributed by atoms with E-state index >= 15 is 0 Å². The lowest BCUT2D eigenvalue weighted by Gasteiger charge is -2.18. The Kier molecular flexibility index (Phi) is 5.98. The van der Waals surface area contributed by atoms with Crippen LogP contribution in [0, 0.1) is 0 Å². The van der Waals surface area contributed by atoms with E-state index in [1.807, 2.05) is 66.7 Å². The average molecular weight is 465 g/mol. The van der Waals surface area contributed by atoms with Crippen LogP contribution in [-0.2, 0) is 6.54 Å². The predicted octanol–water partition coefficient (Wildman–Crippen LogP) is 5.20. The van der Waals surface area contributed by atoms with Crippen LogP contribution in [0.5, 0.6) is 0 Å². The first-order valence-corrected chi connectivity index (χ1v) is 11.3. The van der Waals surface area contributed by atoms with Crippen LogP contribution in [-0.4, -0.2) is 35.0 Å². The van der Waals surface area contributed by atoms with Crippen LogP contribution in [0.4, 0.5) is 0 Å². The van der Waals surface area contributed by atoms with Gasteiger partial charge >= 0.3 is 0 Å². The number of aromatic nitrogens is 1. The van der Waals surface area contributed by atoms with Gasteiger partial charge in [-0.25, -0.2) is 10.4 Å². The zero-order valence-corrected chi connectivity index (χ0v) is 18.8. The summed E-state index contributed by atoms with van der Waals surface area (Å²) in [5.74, 6) is -0.0523. The van der Waals surface area contributed by atoms with Gasteiger partial charge in [0.05, 0.1) is 17.8 Å². The van der Waals surface area contributed by atoms with E-state index in [1.165, 1.54) is 0 Å². The van der Waals surface area contributed by atoms with Crippen molar-refractivity contribution in [3.8, 4) is 0 Å². The first-order chi connectivity index (χ1) is 15.5. The van der Waals surface area contributed by atoms with Crippen molar-refractivity contribution in [1.29, 1.82) is 0 Å². The number of pyridine rings is 1. The minimum atomic E-state index is -0.0523. The van der Waals surface area contributed by atoms with Gasteiger partial charge in [-0.3, -0.25) is 9.78 Å². The van der Waals surface area contributed by atoms with Crippen LogP contribution < -0.4 is 10.7 Å². The summed E-state index contributed by atoms with van der Waals surface area (Å²) in [4.78, 5) is 17.4. The zero-order chi connectivity index (χ0) is 22.1. The van der Waals surface area contributed by atoms with Crippen molar-refractivity contribution in [3.05, 3.63) is 88.0 Å². The van der Waals surface area contributed by atoms with Gasteiger partial charge in [-0.15, -0.1) is 0 Å². The molecule has 1 aliphatic rings. The molecule has 1 unspecified atom stereocenters. The summed E-state index contributed by atoms with van der Waals surface area (Å²) in [5, 5.41) is 9.75. The van der Waals surface area contributed by atoms with E-state index in [0.717, 1.165) is 46.9 Å². The Hall–Kier alpha value is -2.70. The number of halogens is 2. The van der Waals surface area contributed by atoms with Crippen LogP contribution in [0.3, 0.4) is 0 Å². The van der Waals surface area contributed by atoms with Crippen molar-refractivity contribution in [2.45, 2.75) is 19.0 Å². The second-order valence-corrected chi connectivity index (χ2v) is 8.96. The van der Waals surface area contributed by atoms with Gasteiger partial charge in [-0.1, -0.05) is 41.4 Å². The normalized spacial score (nSPS) is 16.6. The molecule has 1 aliphatic heterocycles. The highest BCUT2D eigenvalue weighted by Crippen LogP contribution is 2.21. The molecule has 162 valence electrons. The highest BCUT2D eigenvalue weighted by atomic mass is 35.5. The predicted molar refractivity (Wildman–Crippen MR) is 130 cm³/mol. The topological polar surface area (TPSA) is 57.3 Å². The lowest BCUT2D eigenvalue weighted by Crippen LogP contribution is -2.41. The number of carbonyl (C=O) groups is 1. The molecule has 1 fully saturated rings. The van der Waals surface area contributed by atoms with Gasteiger partial charge < -0.3 is 5.32 Å². The number of hydrazine groups is 1. The third-order valence-electron chi connectivity index (χ3n) is 5.78. The zero-order valence-electron chi connectivity index (χ0n) is 17.3. The number of nitrogens with one attached hydrogen (secondary N) is 2. The van der Waals surface area contributed by atoms with Gasteiger partial charge in [-0.2, -0.15) is 0 Å². The van der Waals surface area contributed by atoms with Crippen LogP contribution >= 0.6 is 23.2 Å². The second kappa shape index (κ2) is 9.04. The summed E-state index contributed by atoms with van der Waals surface area (Å²) in [6, 6.07) is 21.2. The van der Waals surface area contributed by atoms with E-state index in [9.17, 15) is 4.79 Å². The molecule has 32 heavy (non-hydrogen) atoms. The van der Waals surface area contributed by atoms with Crippen LogP contribution in [0.15, 0.2) is 66.7 Å². The third kappa shape index (κ3) is 4.71. The van der Waals surface area contributed by atoms with Crippen LogP contribution in [0.1, 0.15) is 22.5 Å². The Morgan fingerprint density at radius 2 is 1.66 bits per heavy atom. The van der Waals surface area contributed by atoms with Crippen molar-refractivity contribution in [2.75, 3.05) is 13.1 Å². The molecular weight excluding hydrogens is 443 g/mol. The number of benzene rings is 3. The Balaban J connectivity index is 1.16. The van der Waals surface area contributed by atoms with Gasteiger partial charge in [-0.05, 0) is 65.7 Å². The Bertz CT molecular complexity index is 1310. The molecule has 0 aliphatic carbocycles. The number of amides is 1. The Morgan fingerprint density at radius 3 is 2.53 bits per heavy atom. The summed E-state index contributed by atoms with van der Waals surface area (Å²) in [6.45, 7) is 2.24. The molecule has 1 aromatic heterocycles. The lowest BCUT2D eigenvalue weighted by atomic mass is 10.1. The molecular formula is C25H22Cl2N4O. The molecule has 0 saturated carbocycles. The minimum absolute atomic E-state index is 0.0523. The third-order valence-corrected chi connectivity index (χ3v) is 6.25. The summed E-state index contributed by atoms with van der Waals surface area (Å²) >= 11 is 12.1. The maximum Gasteiger partial charge on any atom is 0.251 e. The molecule has 2 heterocycles. The monoisotopic (exact) mass is 464 g/mol. The molecule has 0 spiro atoms. The Labute approximate surface area is 196 Å². The highest BCUT2D eigenvalue weighted by Gasteiger charge is 2.24. The fourth-order valence-electron chi connectivity index (χ4n) is 4.08. The minimum Gasteiger partial charge on any atom is -0.348 e. The van der Waals surface area contributed by atoms with E-state index in [0.29, 0.717) is 22.2 Å². The first kappa shape index (κ1) is 21.2. The van der Waals surface area contributed by atoms with E-state index in [4.69, 9.17) is 23.2 Å². The second-order valence-electron chi connectivity index (χ2n) is 8.09. The first-order valence-electron chi connectivity index (χ1n) is 10.6. The Morgan fingerprint density at radius 1 is 0.938 bits per heavy atom. The van der Waals surface area contributed by atoms with Crippen molar-refractivity contribution < 1.29 is 4.79 Å². The number of nitrogens with zero attached hydrogens (tertiary/aromatic N) is 2. The molecule has 1 atom stereocenters. The fraction of sp³-hybridized carbons (Fsp3) is 0.200.